The lowest BCUT2D eigenvalue weighted by Gasteiger charge is -2.12. The van der Waals surface area contributed by atoms with E-state index in [4.69, 9.17) is 14.5 Å². The number of thiophene rings is 1. The van der Waals surface area contributed by atoms with Crippen LogP contribution in [0.1, 0.15) is 110 Å². The number of rotatable bonds is 8. The van der Waals surface area contributed by atoms with Crippen molar-refractivity contribution in [1.29, 1.82) is 0 Å². The summed E-state index contributed by atoms with van der Waals surface area (Å²) in [6, 6.07) is 11.9. The molecule has 2 fully saturated rings. The largest absolute Gasteiger partial charge is 0.473 e. The molecule has 1 aromatic carbocycles. The van der Waals surface area contributed by atoms with E-state index >= 15 is 0 Å². The van der Waals surface area contributed by atoms with Gasteiger partial charge in [-0.3, -0.25) is 4.79 Å². The average molecular weight is 654 g/mol. The molecule has 8 nitrogen and oxygen atoms in total. The summed E-state index contributed by atoms with van der Waals surface area (Å²) in [6.07, 6.45) is 6.55. The molecule has 0 spiro atoms. The first-order valence-electron chi connectivity index (χ1n) is 14.1. The molecule has 0 bridgehead atoms. The van der Waals surface area contributed by atoms with Crippen LogP contribution >= 0.6 is 11.3 Å². The molecule has 2 aliphatic rings. The number of aromatic nitrogens is 2. The lowest BCUT2D eigenvalue weighted by Crippen LogP contribution is -2.32. The number of sulfonamides is 1. The highest BCUT2D eigenvalue weighted by Crippen LogP contribution is 2.32. The Bertz CT molecular complexity index is 1320. The van der Waals surface area contributed by atoms with Gasteiger partial charge in [-0.2, -0.15) is 0 Å². The van der Waals surface area contributed by atoms with Crippen LogP contribution in [0.4, 0.5) is 0 Å². The van der Waals surface area contributed by atoms with Crippen LogP contribution in [-0.2, 0) is 19.6 Å². The first kappa shape index (κ1) is 43.6. The molecule has 2 aliphatic carbocycles. The van der Waals surface area contributed by atoms with Gasteiger partial charge in [0.25, 0.3) is 0 Å². The number of para-hydroxylation sites is 2. The number of benzene rings is 1. The first-order valence-corrected chi connectivity index (χ1v) is 16.6. The summed E-state index contributed by atoms with van der Waals surface area (Å²) >= 11 is 1.64. The number of carbonyl (C=O) groups is 1. The molecule has 0 atom stereocenters. The lowest BCUT2D eigenvalue weighted by molar-refractivity contribution is -0.152. The van der Waals surface area contributed by atoms with Gasteiger partial charge in [0.1, 0.15) is 11.8 Å². The molecular weight excluding hydrogens is 595 g/mol. The second-order valence-corrected chi connectivity index (χ2v) is 14.0. The third-order valence-corrected chi connectivity index (χ3v) is 9.09. The minimum absolute atomic E-state index is 0. The molecule has 44 heavy (non-hydrogen) atoms. The van der Waals surface area contributed by atoms with E-state index in [2.05, 4.69) is 9.71 Å². The standard InChI is InChI=1S/C15H14N2OS.C9H16O2.C6H13NO2S.4CH4/c1-10(2)18-15-14(13-8-5-9-19-13)16-11-6-3-4-7-12(11)17-15;1-7(2)9(10)11-8-5-3-4-6-8;1-5(2)7-10(8,9)6-3-4-6;;;;/h3-10H,1-2H3;7-8H,3-6H2,1-2H3;5-7H,3-4H2,1-2H3;4*1H4. The van der Waals surface area contributed by atoms with Crippen molar-refractivity contribution in [2.75, 3.05) is 0 Å². The van der Waals surface area contributed by atoms with Crippen LogP contribution in [0.15, 0.2) is 41.8 Å². The normalized spacial score (nSPS) is 14.1. The Morgan fingerprint density at radius 1 is 0.864 bits per heavy atom. The summed E-state index contributed by atoms with van der Waals surface area (Å²) in [5.41, 5.74) is 2.57. The van der Waals surface area contributed by atoms with E-state index in [1.54, 1.807) is 11.3 Å². The fourth-order valence-electron chi connectivity index (χ4n) is 3.97. The fourth-order valence-corrected chi connectivity index (χ4v) is 6.28. The van der Waals surface area contributed by atoms with Gasteiger partial charge in [0.15, 0.2) is 0 Å². The van der Waals surface area contributed by atoms with Crippen LogP contribution in [0.3, 0.4) is 0 Å². The van der Waals surface area contributed by atoms with E-state index < -0.39 is 10.0 Å². The summed E-state index contributed by atoms with van der Waals surface area (Å²) in [7, 11) is -2.94. The molecule has 2 saturated carbocycles. The zero-order valence-electron chi connectivity index (χ0n) is 24.4. The molecule has 2 aromatic heterocycles. The zero-order valence-corrected chi connectivity index (χ0v) is 26.1. The number of esters is 1. The van der Waals surface area contributed by atoms with Crippen molar-refractivity contribution < 1.29 is 22.7 Å². The van der Waals surface area contributed by atoms with Gasteiger partial charge in [-0.05, 0) is 89.8 Å². The number of fused-ring (bicyclic) bond motifs is 1. The summed E-state index contributed by atoms with van der Waals surface area (Å²) in [4.78, 5) is 21.4. The molecule has 0 saturated heterocycles. The molecule has 10 heteroatoms. The molecule has 0 amide bonds. The average Bonchev–Trinajstić information content (AvgIpc) is 3.38. The van der Waals surface area contributed by atoms with Crippen molar-refractivity contribution in [3.05, 3.63) is 41.8 Å². The number of nitrogens with zero attached hydrogens (tertiary/aromatic N) is 2. The summed E-state index contributed by atoms with van der Waals surface area (Å²) < 4.78 is 35.8. The van der Waals surface area contributed by atoms with Crippen LogP contribution in [0.25, 0.3) is 21.6 Å². The molecular formula is C34H59N3O5S2. The predicted octanol–water partition coefficient (Wildman–Crippen LogP) is 9.29. The molecule has 252 valence electrons. The van der Waals surface area contributed by atoms with Crippen molar-refractivity contribution in [2.24, 2.45) is 5.92 Å². The number of hydrogen-bond donors (Lipinski definition) is 1. The zero-order chi connectivity index (χ0) is 29.3. The topological polar surface area (TPSA) is 107 Å². The second kappa shape index (κ2) is 20.5. The Morgan fingerprint density at radius 2 is 1.43 bits per heavy atom. The Morgan fingerprint density at radius 3 is 1.89 bits per heavy atom. The molecule has 5 rings (SSSR count). The summed E-state index contributed by atoms with van der Waals surface area (Å²) in [6.45, 7) is 11.4. The van der Waals surface area contributed by atoms with Crippen LogP contribution in [0.5, 0.6) is 5.88 Å². The number of carbonyl (C=O) groups excluding carboxylic acids is 1. The van der Waals surface area contributed by atoms with E-state index in [0.717, 1.165) is 47.3 Å². The van der Waals surface area contributed by atoms with Gasteiger partial charge in [-0.25, -0.2) is 23.1 Å². The number of hydrogen-bond acceptors (Lipinski definition) is 8. The SMILES string of the molecule is C.C.C.C.CC(C)C(=O)OC1CCCC1.CC(C)NS(=O)(=O)C1CC1.CC(C)Oc1nc2ccccc2nc1-c1cccs1. The van der Waals surface area contributed by atoms with Crippen molar-refractivity contribution in [1.82, 2.24) is 14.7 Å². The highest BCUT2D eigenvalue weighted by Gasteiger charge is 2.35. The van der Waals surface area contributed by atoms with E-state index in [0.29, 0.717) is 5.88 Å². The van der Waals surface area contributed by atoms with Crippen molar-refractivity contribution in [3.63, 3.8) is 0 Å². The fraction of sp³-hybridized carbons (Fsp3) is 0.618. The monoisotopic (exact) mass is 653 g/mol. The quantitative estimate of drug-likeness (QED) is 0.241. The smallest absolute Gasteiger partial charge is 0.308 e. The van der Waals surface area contributed by atoms with Gasteiger partial charge in [-0.1, -0.05) is 61.8 Å². The molecule has 2 heterocycles. The van der Waals surface area contributed by atoms with E-state index in [1.807, 2.05) is 83.3 Å². The van der Waals surface area contributed by atoms with Gasteiger partial charge in [0, 0.05) is 6.04 Å². The Hall–Kier alpha value is -2.56. The Labute approximate surface area is 272 Å². The Kier molecular flexibility index (Phi) is 20.3. The number of ether oxygens (including phenoxy) is 2. The van der Waals surface area contributed by atoms with Crippen molar-refractivity contribution in [2.45, 2.75) is 133 Å². The maximum absolute atomic E-state index is 11.1. The van der Waals surface area contributed by atoms with Crippen LogP contribution in [-0.4, -0.2) is 47.9 Å². The summed E-state index contributed by atoms with van der Waals surface area (Å²) in [5, 5.41) is 1.95. The van der Waals surface area contributed by atoms with Gasteiger partial charge in [0.05, 0.1) is 33.2 Å². The minimum atomic E-state index is -2.94. The summed E-state index contributed by atoms with van der Waals surface area (Å²) in [5.74, 6) is 0.587. The van der Waals surface area contributed by atoms with Gasteiger partial charge < -0.3 is 9.47 Å². The van der Waals surface area contributed by atoms with E-state index in [9.17, 15) is 13.2 Å². The maximum atomic E-state index is 11.1. The highest BCUT2D eigenvalue weighted by atomic mass is 32.2. The lowest BCUT2D eigenvalue weighted by atomic mass is 10.2. The van der Waals surface area contributed by atoms with Crippen LogP contribution < -0.4 is 9.46 Å². The maximum Gasteiger partial charge on any atom is 0.308 e. The molecule has 0 radical (unpaired) electrons. The van der Waals surface area contributed by atoms with E-state index in [-0.39, 0.29) is 65.1 Å². The molecule has 1 N–H and O–H groups in total. The van der Waals surface area contributed by atoms with Gasteiger partial charge in [0.2, 0.25) is 15.9 Å². The number of nitrogens with one attached hydrogen (secondary N) is 1. The van der Waals surface area contributed by atoms with Gasteiger partial charge >= 0.3 is 5.97 Å². The van der Waals surface area contributed by atoms with Gasteiger partial charge in [-0.15, -0.1) is 11.3 Å². The predicted molar refractivity (Wildman–Crippen MR) is 189 cm³/mol. The highest BCUT2D eigenvalue weighted by molar-refractivity contribution is 7.90. The van der Waals surface area contributed by atoms with Crippen molar-refractivity contribution >= 4 is 38.4 Å². The molecule has 0 aliphatic heterocycles. The first-order chi connectivity index (χ1) is 19.0. The second-order valence-electron chi connectivity index (χ2n) is 11.0. The third-order valence-electron chi connectivity index (χ3n) is 6.06. The molecule has 3 aromatic rings. The van der Waals surface area contributed by atoms with Crippen LogP contribution in [0.2, 0.25) is 0 Å². The molecule has 0 unspecified atom stereocenters. The minimum Gasteiger partial charge on any atom is -0.473 e. The van der Waals surface area contributed by atoms with Crippen molar-refractivity contribution in [3.8, 4) is 16.5 Å². The third kappa shape index (κ3) is 14.0. The Balaban J connectivity index is 0. The van der Waals surface area contributed by atoms with Crippen LogP contribution in [0, 0.1) is 5.92 Å². The van der Waals surface area contributed by atoms with E-state index in [1.165, 1.54) is 12.8 Å².